The second-order valence-electron chi connectivity index (χ2n) is 7.66. The molecule has 0 amide bonds. The van der Waals surface area contributed by atoms with Crippen molar-refractivity contribution in [2.24, 2.45) is 5.92 Å². The Morgan fingerprint density at radius 1 is 1.30 bits per heavy atom. The molecule has 1 heterocycles. The highest BCUT2D eigenvalue weighted by molar-refractivity contribution is 6.32. The Kier molecular flexibility index (Phi) is 7.20. The van der Waals surface area contributed by atoms with Crippen molar-refractivity contribution in [3.8, 4) is 11.6 Å². The van der Waals surface area contributed by atoms with E-state index in [2.05, 4.69) is 31.8 Å². The number of Topliss-reactive ketones (excluding diaryl/α,β-unsaturated/α-hetero) is 1. The number of nitrogens with zero attached hydrogens (tertiary/aromatic N) is 1. The molecular weight excluding hydrogens is 358 g/mol. The van der Waals surface area contributed by atoms with Crippen LogP contribution in [0.1, 0.15) is 58.6 Å². The third-order valence-electron chi connectivity index (χ3n) is 4.80. The van der Waals surface area contributed by atoms with Crippen molar-refractivity contribution in [3.05, 3.63) is 58.8 Å². The van der Waals surface area contributed by atoms with Crippen molar-refractivity contribution in [3.63, 3.8) is 0 Å². The van der Waals surface area contributed by atoms with Gasteiger partial charge < -0.3 is 9.53 Å². The zero-order chi connectivity index (χ0) is 20.0. The summed E-state index contributed by atoms with van der Waals surface area (Å²) in [6, 6.07) is 9.66. The first-order valence-corrected chi connectivity index (χ1v) is 9.70. The minimum absolute atomic E-state index is 0.0773. The van der Waals surface area contributed by atoms with Gasteiger partial charge in [0.2, 0.25) is 5.88 Å². The highest BCUT2D eigenvalue weighted by Crippen LogP contribution is 2.34. The number of benzene rings is 1. The fraction of sp³-hybridized carbons (Fsp3) is 0.391. The minimum Gasteiger partial charge on any atom is -0.437 e. The van der Waals surface area contributed by atoms with Gasteiger partial charge in [0.25, 0.3) is 0 Å². The highest BCUT2D eigenvalue weighted by Gasteiger charge is 2.19. The van der Waals surface area contributed by atoms with Gasteiger partial charge in [0.1, 0.15) is 11.5 Å². The molecule has 0 aliphatic rings. The topological polar surface area (TPSA) is 39.2 Å². The van der Waals surface area contributed by atoms with E-state index < -0.39 is 0 Å². The van der Waals surface area contributed by atoms with Crippen LogP contribution in [-0.4, -0.2) is 10.8 Å². The van der Waals surface area contributed by atoms with Crippen LogP contribution in [0.2, 0.25) is 5.02 Å². The van der Waals surface area contributed by atoms with Gasteiger partial charge in [0.05, 0.1) is 5.02 Å². The SMILES string of the molecule is CCC(C)(C)c1ccc(Oc2ccc(/C=C/[C@H](C)CC(C)=O)cn2)c(Cl)c1. The summed E-state index contributed by atoms with van der Waals surface area (Å²) in [5.74, 6) is 1.49. The molecule has 0 spiro atoms. The lowest BCUT2D eigenvalue weighted by atomic mass is 9.82. The quantitative estimate of drug-likeness (QED) is 0.499. The standard InChI is InChI=1S/C23H28ClNO2/c1-6-23(4,5)19-10-11-21(20(24)14-19)27-22-12-9-18(15-25-22)8-7-16(2)13-17(3)26/h7-12,14-16H,6,13H2,1-5H3/b8-7+/t16-/m0/s1. The normalized spacial score (nSPS) is 13.0. The molecule has 2 aromatic rings. The Hall–Kier alpha value is -2.13. The van der Waals surface area contributed by atoms with Crippen molar-refractivity contribution in [2.45, 2.75) is 52.9 Å². The Morgan fingerprint density at radius 2 is 2.04 bits per heavy atom. The molecule has 0 aliphatic heterocycles. The zero-order valence-corrected chi connectivity index (χ0v) is 17.5. The maximum Gasteiger partial charge on any atom is 0.219 e. The largest absolute Gasteiger partial charge is 0.437 e. The van der Waals surface area contributed by atoms with Crippen LogP contribution in [0.4, 0.5) is 0 Å². The van der Waals surface area contributed by atoms with E-state index in [-0.39, 0.29) is 17.1 Å². The van der Waals surface area contributed by atoms with Gasteiger partial charge in [0, 0.05) is 18.7 Å². The van der Waals surface area contributed by atoms with Crippen LogP contribution < -0.4 is 4.74 Å². The summed E-state index contributed by atoms with van der Waals surface area (Å²) < 4.78 is 5.83. The number of pyridine rings is 1. The molecule has 2 rings (SSSR count). The highest BCUT2D eigenvalue weighted by atomic mass is 35.5. The van der Waals surface area contributed by atoms with Gasteiger partial charge in [-0.3, -0.25) is 0 Å². The minimum atomic E-state index is 0.0773. The molecule has 1 aromatic heterocycles. The van der Waals surface area contributed by atoms with Crippen LogP contribution >= 0.6 is 11.6 Å². The molecule has 0 unspecified atom stereocenters. The second kappa shape index (κ2) is 9.18. The Morgan fingerprint density at radius 3 is 2.59 bits per heavy atom. The molecule has 0 bridgehead atoms. The molecule has 144 valence electrons. The summed E-state index contributed by atoms with van der Waals surface area (Å²) in [6.07, 6.45) is 7.32. The maximum absolute atomic E-state index is 11.1. The number of ketones is 1. The summed E-state index contributed by atoms with van der Waals surface area (Å²) >= 11 is 6.41. The van der Waals surface area contributed by atoms with E-state index in [1.165, 1.54) is 5.56 Å². The number of carbonyl (C=O) groups excluding carboxylic acids is 1. The maximum atomic E-state index is 11.1. The monoisotopic (exact) mass is 385 g/mol. The molecule has 0 saturated carbocycles. The summed E-state index contributed by atoms with van der Waals surface area (Å²) in [5, 5.41) is 0.581. The van der Waals surface area contributed by atoms with E-state index >= 15 is 0 Å². The number of allylic oxidation sites excluding steroid dienone is 1. The molecule has 0 aliphatic carbocycles. The van der Waals surface area contributed by atoms with E-state index in [9.17, 15) is 4.79 Å². The zero-order valence-electron chi connectivity index (χ0n) is 16.8. The van der Waals surface area contributed by atoms with Gasteiger partial charge in [-0.15, -0.1) is 0 Å². The fourth-order valence-electron chi connectivity index (χ4n) is 2.67. The van der Waals surface area contributed by atoms with Gasteiger partial charge in [0.15, 0.2) is 0 Å². The third-order valence-corrected chi connectivity index (χ3v) is 5.09. The van der Waals surface area contributed by atoms with Crippen LogP contribution in [0.25, 0.3) is 6.08 Å². The number of hydrogen-bond donors (Lipinski definition) is 0. The molecule has 0 radical (unpaired) electrons. The smallest absolute Gasteiger partial charge is 0.219 e. The van der Waals surface area contributed by atoms with Gasteiger partial charge in [-0.2, -0.15) is 0 Å². The van der Waals surface area contributed by atoms with Crippen molar-refractivity contribution < 1.29 is 9.53 Å². The predicted octanol–water partition coefficient (Wildman–Crippen LogP) is 6.84. The van der Waals surface area contributed by atoms with E-state index in [1.807, 2.05) is 43.3 Å². The fourth-order valence-corrected chi connectivity index (χ4v) is 2.89. The lowest BCUT2D eigenvalue weighted by molar-refractivity contribution is -0.117. The summed E-state index contributed by atoms with van der Waals surface area (Å²) in [6.45, 7) is 10.2. The molecular formula is C23H28ClNO2. The van der Waals surface area contributed by atoms with Crippen molar-refractivity contribution in [1.29, 1.82) is 0 Å². The van der Waals surface area contributed by atoms with Crippen LogP contribution in [-0.2, 0) is 10.2 Å². The van der Waals surface area contributed by atoms with Crippen LogP contribution in [0.5, 0.6) is 11.6 Å². The van der Waals surface area contributed by atoms with Gasteiger partial charge in [-0.25, -0.2) is 4.98 Å². The molecule has 27 heavy (non-hydrogen) atoms. The van der Waals surface area contributed by atoms with Crippen molar-refractivity contribution in [2.75, 3.05) is 0 Å². The van der Waals surface area contributed by atoms with Gasteiger partial charge >= 0.3 is 0 Å². The molecule has 4 heteroatoms. The number of rotatable bonds is 8. The first kappa shape index (κ1) is 21.2. The third kappa shape index (κ3) is 6.21. The molecule has 0 saturated heterocycles. The first-order chi connectivity index (χ1) is 12.7. The average Bonchev–Trinajstić information content (AvgIpc) is 2.62. The van der Waals surface area contributed by atoms with E-state index in [1.54, 1.807) is 13.1 Å². The Balaban J connectivity index is 2.06. The summed E-state index contributed by atoms with van der Waals surface area (Å²) in [7, 11) is 0. The molecule has 0 fully saturated rings. The molecule has 3 nitrogen and oxygen atoms in total. The van der Waals surface area contributed by atoms with E-state index in [4.69, 9.17) is 16.3 Å². The van der Waals surface area contributed by atoms with Crippen molar-refractivity contribution >= 4 is 23.5 Å². The van der Waals surface area contributed by atoms with E-state index in [0.29, 0.717) is 23.1 Å². The second-order valence-corrected chi connectivity index (χ2v) is 8.06. The van der Waals surface area contributed by atoms with Gasteiger partial charge in [-0.05, 0) is 54.0 Å². The first-order valence-electron chi connectivity index (χ1n) is 9.33. The van der Waals surface area contributed by atoms with Crippen LogP contribution in [0, 0.1) is 5.92 Å². The predicted molar refractivity (Wildman–Crippen MR) is 113 cm³/mol. The lowest BCUT2D eigenvalue weighted by Crippen LogP contribution is -2.15. The number of halogens is 1. The average molecular weight is 386 g/mol. The lowest BCUT2D eigenvalue weighted by Gasteiger charge is -2.23. The molecule has 0 N–H and O–H groups in total. The number of aromatic nitrogens is 1. The Bertz CT molecular complexity index is 810. The number of ether oxygens (including phenoxy) is 1. The van der Waals surface area contributed by atoms with E-state index in [0.717, 1.165) is 12.0 Å². The van der Waals surface area contributed by atoms with Crippen molar-refractivity contribution in [1.82, 2.24) is 4.98 Å². The van der Waals surface area contributed by atoms with Gasteiger partial charge in [-0.1, -0.05) is 57.5 Å². The summed E-state index contributed by atoms with van der Waals surface area (Å²) in [4.78, 5) is 15.5. The number of hydrogen-bond acceptors (Lipinski definition) is 3. The van der Waals surface area contributed by atoms with Crippen LogP contribution in [0.3, 0.4) is 0 Å². The number of carbonyl (C=O) groups is 1. The molecule has 1 atom stereocenters. The summed E-state index contributed by atoms with van der Waals surface area (Å²) in [5.41, 5.74) is 2.23. The molecule has 1 aromatic carbocycles. The van der Waals surface area contributed by atoms with Crippen LogP contribution in [0.15, 0.2) is 42.6 Å². The Labute approximate surface area is 167 Å².